The van der Waals surface area contributed by atoms with Gasteiger partial charge in [-0.1, -0.05) is 32.1 Å². The molecular formula is C19H26N4O2. The van der Waals surface area contributed by atoms with Crippen LogP contribution in [0.25, 0.3) is 0 Å². The minimum atomic E-state index is -0.799. The number of nitrogens with zero attached hydrogens (tertiary/aromatic N) is 4. The molecule has 0 aromatic rings. The molecule has 134 valence electrons. The molecule has 3 atom stereocenters. The molecule has 0 spiro atoms. The molecule has 0 heterocycles. The Morgan fingerprint density at radius 1 is 0.720 bits per heavy atom. The fourth-order valence-corrected chi connectivity index (χ4v) is 2.78. The van der Waals surface area contributed by atoms with Crippen LogP contribution in [0.15, 0.2) is 0 Å². The number of hydrogen-bond donors (Lipinski definition) is 1. The summed E-state index contributed by atoms with van der Waals surface area (Å²) in [5.41, 5.74) is 0. The molecule has 0 aliphatic heterocycles. The van der Waals surface area contributed by atoms with Crippen molar-refractivity contribution in [3.8, 4) is 24.3 Å². The topological polar surface area (TPSA) is 132 Å². The molecule has 0 bridgehead atoms. The van der Waals surface area contributed by atoms with Crippen molar-refractivity contribution in [2.45, 2.75) is 70.6 Å². The van der Waals surface area contributed by atoms with Gasteiger partial charge in [-0.25, -0.2) is 0 Å². The van der Waals surface area contributed by atoms with Crippen LogP contribution in [-0.2, 0) is 4.79 Å². The van der Waals surface area contributed by atoms with Crippen LogP contribution in [0.5, 0.6) is 0 Å². The van der Waals surface area contributed by atoms with E-state index in [0.29, 0.717) is 25.7 Å². The van der Waals surface area contributed by atoms with Crippen molar-refractivity contribution < 1.29 is 9.90 Å². The molecule has 1 N–H and O–H groups in total. The van der Waals surface area contributed by atoms with E-state index in [-0.39, 0.29) is 24.7 Å². The monoisotopic (exact) mass is 342 g/mol. The summed E-state index contributed by atoms with van der Waals surface area (Å²) in [6, 6.07) is 8.20. The predicted molar refractivity (Wildman–Crippen MR) is 91.3 cm³/mol. The van der Waals surface area contributed by atoms with E-state index >= 15 is 0 Å². The highest BCUT2D eigenvalue weighted by Gasteiger charge is 2.17. The van der Waals surface area contributed by atoms with Crippen molar-refractivity contribution in [1.82, 2.24) is 0 Å². The van der Waals surface area contributed by atoms with Crippen molar-refractivity contribution >= 4 is 5.97 Å². The van der Waals surface area contributed by atoms with Crippen molar-refractivity contribution in [3.63, 3.8) is 0 Å². The summed E-state index contributed by atoms with van der Waals surface area (Å²) in [5.74, 6) is -1.70. The van der Waals surface area contributed by atoms with Gasteiger partial charge in [0.1, 0.15) is 0 Å². The van der Waals surface area contributed by atoms with Gasteiger partial charge in [-0.05, 0) is 25.7 Å². The second kappa shape index (κ2) is 15.0. The van der Waals surface area contributed by atoms with E-state index in [4.69, 9.17) is 21.0 Å². The lowest BCUT2D eigenvalue weighted by Crippen LogP contribution is -2.14. The van der Waals surface area contributed by atoms with Crippen molar-refractivity contribution in [2.75, 3.05) is 0 Å². The Morgan fingerprint density at radius 2 is 1.16 bits per heavy atom. The standard InChI is InChI=1S/C19H26N4O2/c20-12-10-16(14-22)6-3-1-2-4-8-18(19(24)25)9-5-7-17(15-23)11-13-21/h16-18H,1-11H2,(H,24,25). The molecule has 0 saturated heterocycles. The van der Waals surface area contributed by atoms with Crippen molar-refractivity contribution in [3.05, 3.63) is 0 Å². The largest absolute Gasteiger partial charge is 0.481 e. The summed E-state index contributed by atoms with van der Waals surface area (Å²) in [7, 11) is 0. The Hall–Kier alpha value is -2.57. The lowest BCUT2D eigenvalue weighted by atomic mass is 9.92. The molecule has 25 heavy (non-hydrogen) atoms. The summed E-state index contributed by atoms with van der Waals surface area (Å²) < 4.78 is 0. The highest BCUT2D eigenvalue weighted by molar-refractivity contribution is 5.69. The van der Waals surface area contributed by atoms with Crippen LogP contribution >= 0.6 is 0 Å². The summed E-state index contributed by atoms with van der Waals surface area (Å²) in [6.07, 6.45) is 7.14. The van der Waals surface area contributed by atoms with Crippen LogP contribution in [0.4, 0.5) is 0 Å². The lowest BCUT2D eigenvalue weighted by Gasteiger charge is -2.13. The van der Waals surface area contributed by atoms with Crippen LogP contribution in [0.2, 0.25) is 0 Å². The molecular weight excluding hydrogens is 316 g/mol. The van der Waals surface area contributed by atoms with Crippen LogP contribution in [0, 0.1) is 63.1 Å². The van der Waals surface area contributed by atoms with E-state index in [9.17, 15) is 9.90 Å². The van der Waals surface area contributed by atoms with E-state index in [0.717, 1.165) is 32.1 Å². The van der Waals surface area contributed by atoms with Crippen molar-refractivity contribution in [2.24, 2.45) is 17.8 Å². The highest BCUT2D eigenvalue weighted by Crippen LogP contribution is 2.21. The third-order valence-electron chi connectivity index (χ3n) is 4.35. The maximum atomic E-state index is 11.3. The molecule has 0 aromatic carbocycles. The van der Waals surface area contributed by atoms with E-state index in [1.165, 1.54) is 0 Å². The number of rotatable bonds is 14. The van der Waals surface area contributed by atoms with Crippen LogP contribution in [0.3, 0.4) is 0 Å². The van der Waals surface area contributed by atoms with Gasteiger partial charge in [0.25, 0.3) is 0 Å². The smallest absolute Gasteiger partial charge is 0.306 e. The number of unbranched alkanes of at least 4 members (excludes halogenated alkanes) is 3. The maximum Gasteiger partial charge on any atom is 0.306 e. The Bertz CT molecular complexity index is 548. The van der Waals surface area contributed by atoms with E-state index < -0.39 is 11.9 Å². The number of carbonyl (C=O) groups is 1. The first kappa shape index (κ1) is 22.4. The zero-order valence-corrected chi connectivity index (χ0v) is 14.7. The van der Waals surface area contributed by atoms with Crippen LogP contribution in [-0.4, -0.2) is 11.1 Å². The molecule has 0 aliphatic carbocycles. The number of carboxylic acids is 1. The Kier molecular flexibility index (Phi) is 13.4. The highest BCUT2D eigenvalue weighted by atomic mass is 16.4. The fraction of sp³-hybridized carbons (Fsp3) is 0.737. The average Bonchev–Trinajstić information content (AvgIpc) is 2.60. The number of aliphatic carboxylic acids is 1. The molecule has 0 rings (SSSR count). The molecule has 6 nitrogen and oxygen atoms in total. The number of hydrogen-bond acceptors (Lipinski definition) is 5. The molecule has 0 fully saturated rings. The quantitative estimate of drug-likeness (QED) is 0.468. The first-order valence-corrected chi connectivity index (χ1v) is 8.84. The van der Waals surface area contributed by atoms with Crippen molar-refractivity contribution in [1.29, 1.82) is 21.0 Å². The summed E-state index contributed by atoms with van der Waals surface area (Å²) in [5, 5.41) is 44.2. The second-order valence-electron chi connectivity index (χ2n) is 6.33. The van der Waals surface area contributed by atoms with Gasteiger partial charge >= 0.3 is 5.97 Å². The first-order chi connectivity index (χ1) is 12.1. The zero-order valence-electron chi connectivity index (χ0n) is 14.7. The average molecular weight is 342 g/mol. The fourth-order valence-electron chi connectivity index (χ4n) is 2.78. The Labute approximate surface area is 150 Å². The Balaban J connectivity index is 3.93. The zero-order chi connectivity index (χ0) is 18.9. The molecule has 3 unspecified atom stereocenters. The summed E-state index contributed by atoms with van der Waals surface area (Å²) in [4.78, 5) is 11.3. The van der Waals surface area contributed by atoms with E-state index in [1.54, 1.807) is 0 Å². The normalized spacial score (nSPS) is 13.4. The van der Waals surface area contributed by atoms with Gasteiger partial charge in [0.15, 0.2) is 0 Å². The summed E-state index contributed by atoms with van der Waals surface area (Å²) in [6.45, 7) is 0. The van der Waals surface area contributed by atoms with Gasteiger partial charge in [0, 0.05) is 0 Å². The second-order valence-corrected chi connectivity index (χ2v) is 6.33. The predicted octanol–water partition coefficient (Wildman–Crippen LogP) is 4.31. The molecule has 0 amide bonds. The van der Waals surface area contributed by atoms with Gasteiger partial charge in [0.2, 0.25) is 0 Å². The molecule has 0 saturated carbocycles. The Morgan fingerprint density at radius 3 is 1.60 bits per heavy atom. The number of nitriles is 4. The maximum absolute atomic E-state index is 11.3. The lowest BCUT2D eigenvalue weighted by molar-refractivity contribution is -0.142. The van der Waals surface area contributed by atoms with Gasteiger partial charge < -0.3 is 5.11 Å². The van der Waals surface area contributed by atoms with Gasteiger partial charge in [-0.3, -0.25) is 4.79 Å². The van der Waals surface area contributed by atoms with Gasteiger partial charge in [0.05, 0.1) is 54.9 Å². The van der Waals surface area contributed by atoms with E-state index in [1.807, 2.05) is 12.1 Å². The van der Waals surface area contributed by atoms with Gasteiger partial charge in [-0.2, -0.15) is 21.0 Å². The van der Waals surface area contributed by atoms with Crippen LogP contribution < -0.4 is 0 Å². The third-order valence-corrected chi connectivity index (χ3v) is 4.35. The minimum absolute atomic E-state index is 0.196. The molecule has 0 radical (unpaired) electrons. The van der Waals surface area contributed by atoms with Gasteiger partial charge in [-0.15, -0.1) is 0 Å². The summed E-state index contributed by atoms with van der Waals surface area (Å²) >= 11 is 0. The molecule has 0 aliphatic rings. The van der Waals surface area contributed by atoms with E-state index in [2.05, 4.69) is 12.1 Å². The third kappa shape index (κ3) is 11.6. The molecule has 6 heteroatoms. The first-order valence-electron chi connectivity index (χ1n) is 8.84. The van der Waals surface area contributed by atoms with Crippen LogP contribution in [0.1, 0.15) is 70.6 Å². The minimum Gasteiger partial charge on any atom is -0.481 e. The molecule has 0 aromatic heterocycles. The number of carboxylic acid groups (broad SMARTS) is 1. The SMILES string of the molecule is N#CCC(C#N)CCCCCCC(CCCC(C#N)CC#N)C(=O)O.